The number of carbonyl (C=O) groups is 3. The van der Waals surface area contributed by atoms with Crippen LogP contribution in [-0.2, 0) is 20.8 Å². The Kier molecular flexibility index (Phi) is 9.45. The van der Waals surface area contributed by atoms with E-state index >= 15 is 0 Å². The number of esters is 2. The van der Waals surface area contributed by atoms with Gasteiger partial charge in [0.15, 0.2) is 17.1 Å². The molecule has 3 aromatic rings. The Bertz CT molecular complexity index is 1310. The van der Waals surface area contributed by atoms with Crippen LogP contribution in [0.25, 0.3) is 0 Å². The SMILES string of the molecule is C=CCn1c(SCC(=O)Nc2cc(C(=O)OC)ccc2C(=O)OC)nnc1C(C)Oc1cccc(C)c1. The number of thioether (sulfide) groups is 1. The minimum Gasteiger partial charge on any atom is -0.483 e. The number of rotatable bonds is 11. The number of nitrogens with one attached hydrogen (secondary N) is 1. The monoisotopic (exact) mass is 524 g/mol. The van der Waals surface area contributed by atoms with E-state index in [2.05, 4.69) is 22.1 Å². The molecular weight excluding hydrogens is 496 g/mol. The first-order valence-corrected chi connectivity index (χ1v) is 12.3. The summed E-state index contributed by atoms with van der Waals surface area (Å²) in [5.74, 6) is -0.416. The maximum atomic E-state index is 12.8. The molecule has 1 aromatic heterocycles. The molecule has 1 N–H and O–H groups in total. The number of aromatic nitrogens is 3. The third kappa shape index (κ3) is 6.98. The van der Waals surface area contributed by atoms with Crippen molar-refractivity contribution in [3.63, 3.8) is 0 Å². The number of carbonyl (C=O) groups excluding carboxylic acids is 3. The molecule has 0 saturated carbocycles. The number of methoxy groups -OCH3 is 2. The largest absolute Gasteiger partial charge is 0.483 e. The van der Waals surface area contributed by atoms with Crippen molar-refractivity contribution in [1.29, 1.82) is 0 Å². The Morgan fingerprint density at radius 2 is 1.86 bits per heavy atom. The molecule has 0 aliphatic carbocycles. The van der Waals surface area contributed by atoms with Gasteiger partial charge in [-0.25, -0.2) is 9.59 Å². The average molecular weight is 525 g/mol. The van der Waals surface area contributed by atoms with Crippen LogP contribution in [-0.4, -0.2) is 52.6 Å². The summed E-state index contributed by atoms with van der Waals surface area (Å²) in [6.07, 6.45) is 1.30. The molecule has 0 spiro atoms. The molecule has 11 heteroatoms. The number of hydrogen-bond acceptors (Lipinski definition) is 9. The van der Waals surface area contributed by atoms with Crippen LogP contribution in [0.4, 0.5) is 5.69 Å². The topological polar surface area (TPSA) is 122 Å². The van der Waals surface area contributed by atoms with E-state index < -0.39 is 23.9 Å². The van der Waals surface area contributed by atoms with E-state index in [-0.39, 0.29) is 22.6 Å². The Labute approximate surface area is 219 Å². The van der Waals surface area contributed by atoms with Crippen LogP contribution in [0.15, 0.2) is 60.3 Å². The lowest BCUT2D eigenvalue weighted by atomic mass is 10.1. The highest BCUT2D eigenvalue weighted by molar-refractivity contribution is 7.99. The van der Waals surface area contributed by atoms with Gasteiger partial charge < -0.3 is 19.5 Å². The fourth-order valence-corrected chi connectivity index (χ4v) is 4.21. The van der Waals surface area contributed by atoms with Crippen molar-refractivity contribution in [2.45, 2.75) is 31.7 Å². The molecule has 2 aromatic carbocycles. The second kappa shape index (κ2) is 12.7. The minimum atomic E-state index is -0.655. The first kappa shape index (κ1) is 27.5. The number of aryl methyl sites for hydroxylation is 1. The number of nitrogens with zero attached hydrogens (tertiary/aromatic N) is 3. The summed E-state index contributed by atoms with van der Waals surface area (Å²) in [6, 6.07) is 11.9. The Morgan fingerprint density at radius 3 is 2.54 bits per heavy atom. The summed E-state index contributed by atoms with van der Waals surface area (Å²) in [4.78, 5) is 36.8. The van der Waals surface area contributed by atoms with Crippen LogP contribution in [0.1, 0.15) is 45.1 Å². The molecule has 37 heavy (non-hydrogen) atoms. The highest BCUT2D eigenvalue weighted by Crippen LogP contribution is 2.26. The fourth-order valence-electron chi connectivity index (χ4n) is 3.45. The molecule has 0 fully saturated rings. The van der Waals surface area contributed by atoms with Gasteiger partial charge in [0.1, 0.15) is 5.75 Å². The van der Waals surface area contributed by atoms with E-state index in [4.69, 9.17) is 14.2 Å². The van der Waals surface area contributed by atoms with E-state index in [1.165, 1.54) is 32.4 Å². The molecule has 1 amide bonds. The second-order valence-corrected chi connectivity index (χ2v) is 8.84. The summed E-state index contributed by atoms with van der Waals surface area (Å²) in [5.41, 5.74) is 1.49. The van der Waals surface area contributed by atoms with Gasteiger partial charge in [-0.15, -0.1) is 16.8 Å². The van der Waals surface area contributed by atoms with Gasteiger partial charge in [0.05, 0.1) is 36.8 Å². The first-order chi connectivity index (χ1) is 17.8. The number of amides is 1. The van der Waals surface area contributed by atoms with E-state index in [0.29, 0.717) is 23.3 Å². The molecule has 3 rings (SSSR count). The molecule has 194 valence electrons. The molecule has 0 aliphatic rings. The third-order valence-corrected chi connectivity index (χ3v) is 6.14. The van der Waals surface area contributed by atoms with E-state index in [0.717, 1.165) is 17.3 Å². The zero-order valence-corrected chi connectivity index (χ0v) is 21.8. The number of hydrogen-bond donors (Lipinski definition) is 1. The zero-order valence-electron chi connectivity index (χ0n) is 21.0. The molecule has 1 heterocycles. The van der Waals surface area contributed by atoms with Gasteiger partial charge >= 0.3 is 11.9 Å². The predicted octanol–water partition coefficient (Wildman–Crippen LogP) is 4.22. The lowest BCUT2D eigenvalue weighted by Crippen LogP contribution is -2.18. The number of ether oxygens (including phenoxy) is 3. The molecular formula is C26H28N4O6S. The summed E-state index contributed by atoms with van der Waals surface area (Å²) >= 11 is 1.16. The van der Waals surface area contributed by atoms with Crippen molar-refractivity contribution >= 4 is 35.3 Å². The Morgan fingerprint density at radius 1 is 1.11 bits per heavy atom. The van der Waals surface area contributed by atoms with Crippen molar-refractivity contribution in [1.82, 2.24) is 14.8 Å². The van der Waals surface area contributed by atoms with Crippen LogP contribution < -0.4 is 10.1 Å². The van der Waals surface area contributed by atoms with E-state index in [1.807, 2.05) is 42.7 Å². The van der Waals surface area contributed by atoms with Crippen molar-refractivity contribution in [2.75, 3.05) is 25.3 Å². The molecule has 10 nitrogen and oxygen atoms in total. The highest BCUT2D eigenvalue weighted by Gasteiger charge is 2.21. The molecule has 1 unspecified atom stereocenters. The maximum Gasteiger partial charge on any atom is 0.339 e. The summed E-state index contributed by atoms with van der Waals surface area (Å²) < 4.78 is 17.4. The number of anilines is 1. The van der Waals surface area contributed by atoms with Gasteiger partial charge in [-0.2, -0.15) is 0 Å². The molecule has 0 radical (unpaired) electrons. The van der Waals surface area contributed by atoms with Crippen LogP contribution in [0.3, 0.4) is 0 Å². The highest BCUT2D eigenvalue weighted by atomic mass is 32.2. The predicted molar refractivity (Wildman–Crippen MR) is 139 cm³/mol. The summed E-state index contributed by atoms with van der Waals surface area (Å²) in [5, 5.41) is 11.7. The van der Waals surface area contributed by atoms with Crippen molar-refractivity contribution in [3.8, 4) is 5.75 Å². The summed E-state index contributed by atoms with van der Waals surface area (Å²) in [6.45, 7) is 8.07. The Balaban J connectivity index is 1.74. The van der Waals surface area contributed by atoms with Gasteiger partial charge in [-0.05, 0) is 49.7 Å². The number of allylic oxidation sites excluding steroid dienone is 1. The lowest BCUT2D eigenvalue weighted by Gasteiger charge is -2.16. The molecule has 0 saturated heterocycles. The third-order valence-electron chi connectivity index (χ3n) is 5.18. The van der Waals surface area contributed by atoms with Crippen LogP contribution in [0, 0.1) is 6.92 Å². The number of benzene rings is 2. The van der Waals surface area contributed by atoms with Gasteiger partial charge in [-0.1, -0.05) is 30.0 Å². The molecule has 0 bridgehead atoms. The van der Waals surface area contributed by atoms with Gasteiger partial charge in [-0.3, -0.25) is 9.36 Å². The van der Waals surface area contributed by atoms with Gasteiger partial charge in [0.25, 0.3) is 0 Å². The standard InChI is InChI=1S/C26H28N4O6S/c1-6-12-30-23(17(3)36-19-9-7-8-16(2)13-19)28-29-26(30)37-15-22(31)27-21-14-18(24(32)34-4)10-11-20(21)25(33)35-5/h6-11,13-14,17H,1,12,15H2,2-5H3,(H,27,31). The van der Waals surface area contributed by atoms with Crippen LogP contribution in [0.5, 0.6) is 5.75 Å². The smallest absolute Gasteiger partial charge is 0.339 e. The van der Waals surface area contributed by atoms with Crippen LogP contribution in [0.2, 0.25) is 0 Å². The second-order valence-electron chi connectivity index (χ2n) is 7.90. The van der Waals surface area contributed by atoms with Crippen molar-refractivity contribution in [2.24, 2.45) is 0 Å². The normalized spacial score (nSPS) is 11.4. The van der Waals surface area contributed by atoms with Gasteiger partial charge in [0, 0.05) is 6.54 Å². The lowest BCUT2D eigenvalue weighted by molar-refractivity contribution is -0.113. The van der Waals surface area contributed by atoms with Crippen molar-refractivity contribution < 1.29 is 28.6 Å². The van der Waals surface area contributed by atoms with E-state index in [9.17, 15) is 14.4 Å². The zero-order chi connectivity index (χ0) is 26.9. The van der Waals surface area contributed by atoms with Crippen LogP contribution >= 0.6 is 11.8 Å². The maximum absolute atomic E-state index is 12.8. The van der Waals surface area contributed by atoms with Gasteiger partial charge in [0.2, 0.25) is 5.91 Å². The quantitative estimate of drug-likeness (QED) is 0.223. The minimum absolute atomic E-state index is 0.0363. The summed E-state index contributed by atoms with van der Waals surface area (Å²) in [7, 11) is 2.47. The molecule has 1 atom stereocenters. The fraction of sp³-hybridized carbons (Fsp3) is 0.269. The molecule has 0 aliphatic heterocycles. The first-order valence-electron chi connectivity index (χ1n) is 11.3. The van der Waals surface area contributed by atoms with E-state index in [1.54, 1.807) is 6.08 Å². The average Bonchev–Trinajstić information content (AvgIpc) is 3.29. The van der Waals surface area contributed by atoms with Crippen molar-refractivity contribution in [3.05, 3.63) is 77.6 Å². The Hall–Kier alpha value is -4.12.